The first-order chi connectivity index (χ1) is 9.62. The molecular weight excluding hydrogens is 310 g/mol. The number of hydrogen-bond donors (Lipinski definition) is 1. The van der Waals surface area contributed by atoms with Crippen molar-refractivity contribution in [2.75, 3.05) is 11.6 Å². The van der Waals surface area contributed by atoms with E-state index in [4.69, 9.17) is 16.0 Å². The second-order valence-electron chi connectivity index (χ2n) is 6.99. The Morgan fingerprint density at radius 1 is 1.52 bits per heavy atom. The number of alkyl halides is 1. The Hall–Kier alpha value is -0.520. The smallest absolute Gasteiger partial charge is 0.212 e. The quantitative estimate of drug-likeness (QED) is 0.840. The van der Waals surface area contributed by atoms with Crippen LogP contribution in [0.25, 0.3) is 0 Å². The molecule has 0 saturated carbocycles. The molecule has 0 aliphatic heterocycles. The molecule has 2 rings (SSSR count). The molecule has 1 heterocycles. The molecular formula is C15H24ClNO3S. The molecule has 0 fully saturated rings. The molecule has 1 aromatic rings. The topological polar surface area (TPSA) is 59.3 Å². The van der Waals surface area contributed by atoms with E-state index in [0.717, 1.165) is 29.9 Å². The van der Waals surface area contributed by atoms with Gasteiger partial charge in [-0.3, -0.25) is 0 Å². The van der Waals surface area contributed by atoms with Gasteiger partial charge in [0, 0.05) is 17.9 Å². The molecule has 1 aliphatic rings. The number of furan rings is 1. The lowest BCUT2D eigenvalue weighted by Crippen LogP contribution is -2.38. The first-order valence-corrected chi connectivity index (χ1v) is 9.46. The molecule has 2 atom stereocenters. The van der Waals surface area contributed by atoms with Crippen molar-refractivity contribution < 1.29 is 12.8 Å². The Morgan fingerprint density at radius 2 is 2.19 bits per heavy atom. The van der Waals surface area contributed by atoms with Crippen LogP contribution in [-0.2, 0) is 16.4 Å². The van der Waals surface area contributed by atoms with E-state index in [2.05, 4.69) is 18.6 Å². The maximum absolute atomic E-state index is 12.3. The lowest BCUT2D eigenvalue weighted by Gasteiger charge is -2.34. The Morgan fingerprint density at radius 3 is 2.81 bits per heavy atom. The lowest BCUT2D eigenvalue weighted by molar-refractivity contribution is 0.247. The summed E-state index contributed by atoms with van der Waals surface area (Å²) in [4.78, 5) is 0. The summed E-state index contributed by atoms with van der Waals surface area (Å²) in [7, 11) is -3.35. The molecule has 0 amide bonds. The van der Waals surface area contributed by atoms with E-state index in [1.54, 1.807) is 0 Å². The molecule has 0 radical (unpaired) electrons. The van der Waals surface area contributed by atoms with Crippen molar-refractivity contribution in [2.24, 2.45) is 11.3 Å². The molecule has 4 nitrogen and oxygen atoms in total. The third-order valence-electron chi connectivity index (χ3n) is 3.83. The van der Waals surface area contributed by atoms with Gasteiger partial charge in [0.2, 0.25) is 10.0 Å². The van der Waals surface area contributed by atoms with E-state index < -0.39 is 10.0 Å². The molecule has 1 aliphatic carbocycles. The predicted octanol–water partition coefficient (Wildman–Crippen LogP) is 3.40. The van der Waals surface area contributed by atoms with Crippen LogP contribution in [0.5, 0.6) is 0 Å². The molecule has 0 aromatic carbocycles. The summed E-state index contributed by atoms with van der Waals surface area (Å²) in [5, 5.41) is 0. The van der Waals surface area contributed by atoms with Crippen LogP contribution in [0.1, 0.15) is 50.3 Å². The van der Waals surface area contributed by atoms with Gasteiger partial charge < -0.3 is 4.42 Å². The first-order valence-electron chi connectivity index (χ1n) is 7.27. The fourth-order valence-corrected chi connectivity index (χ4v) is 4.82. The van der Waals surface area contributed by atoms with E-state index in [-0.39, 0.29) is 23.1 Å². The van der Waals surface area contributed by atoms with Gasteiger partial charge >= 0.3 is 0 Å². The van der Waals surface area contributed by atoms with E-state index >= 15 is 0 Å². The van der Waals surface area contributed by atoms with Crippen molar-refractivity contribution in [3.05, 3.63) is 23.2 Å². The van der Waals surface area contributed by atoms with Crippen LogP contribution in [0.2, 0.25) is 0 Å². The Balaban J connectivity index is 2.23. The number of aryl methyl sites for hydroxylation is 1. The van der Waals surface area contributed by atoms with Crippen LogP contribution in [-0.4, -0.2) is 20.1 Å². The van der Waals surface area contributed by atoms with Crippen LogP contribution in [0, 0.1) is 18.3 Å². The predicted molar refractivity (Wildman–Crippen MR) is 85.1 cm³/mol. The molecule has 120 valence electrons. The lowest BCUT2D eigenvalue weighted by atomic mass is 9.75. The van der Waals surface area contributed by atoms with Gasteiger partial charge in [0.15, 0.2) is 0 Å². The summed E-state index contributed by atoms with van der Waals surface area (Å²) >= 11 is 5.72. The minimum atomic E-state index is -3.35. The second-order valence-corrected chi connectivity index (χ2v) is 9.10. The van der Waals surface area contributed by atoms with Crippen molar-refractivity contribution in [3.63, 3.8) is 0 Å². The highest BCUT2D eigenvalue weighted by Crippen LogP contribution is 2.42. The molecule has 0 saturated heterocycles. The van der Waals surface area contributed by atoms with Gasteiger partial charge in [-0.1, -0.05) is 20.8 Å². The van der Waals surface area contributed by atoms with Crippen LogP contribution in [0.3, 0.4) is 0 Å². The standard InChI is InChI=1S/C15H24ClNO3S/c1-10(8-16)9-21(18,19)17-13-6-15(3,4)7-14-12(13)5-11(2)20-14/h5,10,13,17H,6-9H2,1-4H3. The maximum atomic E-state index is 12.3. The zero-order valence-corrected chi connectivity index (χ0v) is 14.6. The Bertz CT molecular complexity index is 606. The van der Waals surface area contributed by atoms with E-state index in [1.165, 1.54) is 0 Å². The first kappa shape index (κ1) is 16.8. The molecule has 21 heavy (non-hydrogen) atoms. The van der Waals surface area contributed by atoms with Crippen molar-refractivity contribution in [2.45, 2.75) is 46.6 Å². The monoisotopic (exact) mass is 333 g/mol. The Labute approximate surface area is 132 Å². The SMILES string of the molecule is Cc1cc2c(o1)CC(C)(C)CC2NS(=O)(=O)CC(C)CCl. The van der Waals surface area contributed by atoms with Crippen LogP contribution in [0.4, 0.5) is 0 Å². The third-order valence-corrected chi connectivity index (χ3v) is 6.00. The largest absolute Gasteiger partial charge is 0.466 e. The molecule has 6 heteroatoms. The molecule has 1 N–H and O–H groups in total. The van der Waals surface area contributed by atoms with Gasteiger partial charge in [-0.15, -0.1) is 11.6 Å². The number of halogens is 1. The fourth-order valence-electron chi connectivity index (χ4n) is 2.97. The van der Waals surface area contributed by atoms with Crippen LogP contribution >= 0.6 is 11.6 Å². The molecule has 0 spiro atoms. The van der Waals surface area contributed by atoms with E-state index in [1.807, 2.05) is 19.9 Å². The summed E-state index contributed by atoms with van der Waals surface area (Å²) < 4.78 is 33.2. The summed E-state index contributed by atoms with van der Waals surface area (Å²) in [5.41, 5.74) is 0.997. The zero-order valence-electron chi connectivity index (χ0n) is 13.1. The number of nitrogens with one attached hydrogen (secondary N) is 1. The molecule has 0 bridgehead atoms. The second kappa shape index (κ2) is 5.94. The van der Waals surface area contributed by atoms with Crippen molar-refractivity contribution >= 4 is 21.6 Å². The van der Waals surface area contributed by atoms with Gasteiger partial charge in [0.25, 0.3) is 0 Å². The minimum absolute atomic E-state index is 0.0164. The van der Waals surface area contributed by atoms with Gasteiger partial charge in [-0.25, -0.2) is 13.1 Å². The summed E-state index contributed by atoms with van der Waals surface area (Å²) in [5.74, 6) is 2.07. The van der Waals surface area contributed by atoms with Crippen molar-refractivity contribution in [1.29, 1.82) is 0 Å². The molecule has 1 aromatic heterocycles. The van der Waals surface area contributed by atoms with Crippen molar-refractivity contribution in [1.82, 2.24) is 4.72 Å². The fraction of sp³-hybridized carbons (Fsp3) is 0.733. The average molecular weight is 334 g/mol. The highest BCUT2D eigenvalue weighted by molar-refractivity contribution is 7.89. The summed E-state index contributed by atoms with van der Waals surface area (Å²) in [6, 6.07) is 1.73. The van der Waals surface area contributed by atoms with Crippen LogP contribution < -0.4 is 4.72 Å². The van der Waals surface area contributed by atoms with Gasteiger partial charge in [-0.05, 0) is 30.7 Å². The number of hydrogen-bond acceptors (Lipinski definition) is 3. The van der Waals surface area contributed by atoms with E-state index in [0.29, 0.717) is 5.88 Å². The minimum Gasteiger partial charge on any atom is -0.466 e. The maximum Gasteiger partial charge on any atom is 0.212 e. The summed E-state index contributed by atoms with van der Waals surface area (Å²) in [6.45, 7) is 8.00. The number of rotatable bonds is 5. The number of sulfonamides is 1. The van der Waals surface area contributed by atoms with Gasteiger partial charge in [-0.2, -0.15) is 0 Å². The van der Waals surface area contributed by atoms with Crippen LogP contribution in [0.15, 0.2) is 10.5 Å². The van der Waals surface area contributed by atoms with Crippen molar-refractivity contribution in [3.8, 4) is 0 Å². The highest BCUT2D eigenvalue weighted by atomic mass is 35.5. The number of fused-ring (bicyclic) bond motifs is 1. The van der Waals surface area contributed by atoms with E-state index in [9.17, 15) is 8.42 Å². The average Bonchev–Trinajstić information content (AvgIpc) is 2.66. The highest BCUT2D eigenvalue weighted by Gasteiger charge is 2.36. The van der Waals surface area contributed by atoms with Gasteiger partial charge in [0.05, 0.1) is 11.8 Å². The third kappa shape index (κ3) is 4.24. The zero-order chi connectivity index (χ0) is 15.8. The summed E-state index contributed by atoms with van der Waals surface area (Å²) in [6.07, 6.45) is 1.61. The normalized spacial score (nSPS) is 22.8. The van der Waals surface area contributed by atoms with Gasteiger partial charge in [0.1, 0.15) is 11.5 Å². The Kier molecular flexibility index (Phi) is 4.76. The molecule has 2 unspecified atom stereocenters.